The van der Waals surface area contributed by atoms with Crippen LogP contribution in [0.5, 0.6) is 0 Å². The first-order chi connectivity index (χ1) is 11.9. The third kappa shape index (κ3) is 6.04. The highest BCUT2D eigenvalue weighted by molar-refractivity contribution is 5.76. The van der Waals surface area contributed by atoms with E-state index in [4.69, 9.17) is 0 Å². The van der Waals surface area contributed by atoms with Crippen LogP contribution >= 0.6 is 0 Å². The first-order valence-corrected chi connectivity index (χ1v) is 9.00. The van der Waals surface area contributed by atoms with Gasteiger partial charge in [0.05, 0.1) is 0 Å². The van der Waals surface area contributed by atoms with Gasteiger partial charge in [-0.2, -0.15) is 0 Å². The molecule has 0 bridgehead atoms. The van der Waals surface area contributed by atoms with Gasteiger partial charge >= 0.3 is 0 Å². The van der Waals surface area contributed by atoms with Crippen LogP contribution in [0.2, 0.25) is 0 Å². The Labute approximate surface area is 149 Å². The highest BCUT2D eigenvalue weighted by atomic mass is 19.2. The van der Waals surface area contributed by atoms with Crippen LogP contribution in [0.3, 0.4) is 0 Å². The summed E-state index contributed by atoms with van der Waals surface area (Å²) in [4.78, 5) is 16.9. The first kappa shape index (κ1) is 19.8. The van der Waals surface area contributed by atoms with E-state index >= 15 is 0 Å². The second kappa shape index (κ2) is 9.25. The molecule has 1 unspecified atom stereocenters. The molecule has 0 spiro atoms. The van der Waals surface area contributed by atoms with Gasteiger partial charge in [-0.05, 0) is 37.1 Å². The lowest BCUT2D eigenvalue weighted by Crippen LogP contribution is -2.54. The van der Waals surface area contributed by atoms with E-state index in [9.17, 15) is 13.6 Å². The molecule has 0 radical (unpaired) electrons. The third-order valence-electron chi connectivity index (χ3n) is 4.91. The van der Waals surface area contributed by atoms with E-state index in [-0.39, 0.29) is 12.3 Å². The number of hydrogen-bond donors (Lipinski definition) is 1. The molecule has 1 aromatic carbocycles. The Hall–Kier alpha value is -1.53. The van der Waals surface area contributed by atoms with E-state index in [2.05, 4.69) is 36.0 Å². The molecule has 1 aliphatic rings. The second-order valence-electron chi connectivity index (χ2n) is 7.20. The third-order valence-corrected chi connectivity index (χ3v) is 4.91. The maximum atomic E-state index is 13.2. The number of nitrogens with zero attached hydrogens (tertiary/aromatic N) is 2. The summed E-state index contributed by atoms with van der Waals surface area (Å²) >= 11 is 0. The maximum absolute atomic E-state index is 13.2. The lowest BCUT2D eigenvalue weighted by molar-refractivity contribution is -0.121. The van der Waals surface area contributed by atoms with Gasteiger partial charge < -0.3 is 10.2 Å². The number of halogens is 2. The van der Waals surface area contributed by atoms with Gasteiger partial charge in [-0.1, -0.05) is 19.9 Å². The molecule has 1 atom stereocenters. The van der Waals surface area contributed by atoms with Crippen LogP contribution in [0, 0.1) is 17.6 Å². The number of likely N-dealkylation sites (N-methyl/N-ethyl adjacent to an activating group) is 1. The van der Waals surface area contributed by atoms with Crippen molar-refractivity contribution in [3.63, 3.8) is 0 Å². The number of amides is 1. The molecule has 2 rings (SSSR count). The molecule has 4 nitrogen and oxygen atoms in total. The van der Waals surface area contributed by atoms with Crippen LogP contribution in [0.4, 0.5) is 8.78 Å². The molecule has 0 aromatic heterocycles. The predicted octanol–water partition coefficient (Wildman–Crippen LogP) is 2.29. The van der Waals surface area contributed by atoms with Crippen molar-refractivity contribution in [1.82, 2.24) is 15.1 Å². The molecular formula is C19H29F2N3O. The number of carbonyl (C=O) groups is 1. The monoisotopic (exact) mass is 353 g/mol. The van der Waals surface area contributed by atoms with E-state index in [1.807, 2.05) is 0 Å². The minimum absolute atomic E-state index is 0.0514. The summed E-state index contributed by atoms with van der Waals surface area (Å²) in [6.07, 6.45) is 0.683. The Bertz CT molecular complexity index is 572. The number of hydrogen-bond acceptors (Lipinski definition) is 3. The predicted molar refractivity (Wildman–Crippen MR) is 95.4 cm³/mol. The van der Waals surface area contributed by atoms with E-state index in [0.29, 0.717) is 30.5 Å². The summed E-state index contributed by atoms with van der Waals surface area (Å²) in [6, 6.07) is 4.10. The summed E-state index contributed by atoms with van der Waals surface area (Å²) < 4.78 is 26.1. The van der Waals surface area contributed by atoms with Crippen molar-refractivity contribution in [3.8, 4) is 0 Å². The summed E-state index contributed by atoms with van der Waals surface area (Å²) in [5.41, 5.74) is 0.633. The number of piperazine rings is 1. The number of rotatable bonds is 7. The Morgan fingerprint density at radius 2 is 1.84 bits per heavy atom. The van der Waals surface area contributed by atoms with Crippen LogP contribution in [-0.2, 0) is 11.2 Å². The van der Waals surface area contributed by atoms with E-state index < -0.39 is 11.6 Å². The van der Waals surface area contributed by atoms with Crippen LogP contribution in [-0.4, -0.2) is 61.5 Å². The van der Waals surface area contributed by atoms with Crippen LogP contribution in [0.1, 0.15) is 25.8 Å². The second-order valence-corrected chi connectivity index (χ2v) is 7.20. The van der Waals surface area contributed by atoms with Crippen LogP contribution in [0.15, 0.2) is 18.2 Å². The van der Waals surface area contributed by atoms with Crippen molar-refractivity contribution in [2.45, 2.75) is 32.7 Å². The summed E-state index contributed by atoms with van der Waals surface area (Å²) in [7, 11) is 2.13. The van der Waals surface area contributed by atoms with Crippen molar-refractivity contribution in [1.29, 1.82) is 0 Å². The average Bonchev–Trinajstić information content (AvgIpc) is 2.57. The molecule has 0 saturated carbocycles. The lowest BCUT2D eigenvalue weighted by Gasteiger charge is -2.39. The Morgan fingerprint density at radius 3 is 2.44 bits per heavy atom. The summed E-state index contributed by atoms with van der Waals surface area (Å²) in [5.74, 6) is -1.33. The molecule has 0 aliphatic carbocycles. The zero-order chi connectivity index (χ0) is 18.4. The van der Waals surface area contributed by atoms with Gasteiger partial charge in [0.2, 0.25) is 5.91 Å². The minimum atomic E-state index is -0.868. The van der Waals surface area contributed by atoms with E-state index in [0.717, 1.165) is 38.3 Å². The number of benzene rings is 1. The van der Waals surface area contributed by atoms with Gasteiger partial charge in [-0.15, -0.1) is 0 Å². The van der Waals surface area contributed by atoms with Crippen LogP contribution in [0.25, 0.3) is 0 Å². The Balaban J connectivity index is 1.79. The quantitative estimate of drug-likeness (QED) is 0.817. The smallest absolute Gasteiger partial charge is 0.220 e. The minimum Gasteiger partial charge on any atom is -0.355 e. The fraction of sp³-hybridized carbons (Fsp3) is 0.632. The molecule has 140 valence electrons. The number of carbonyl (C=O) groups excluding carboxylic acids is 1. The molecule has 1 aliphatic heterocycles. The van der Waals surface area contributed by atoms with Crippen molar-refractivity contribution < 1.29 is 13.6 Å². The van der Waals surface area contributed by atoms with E-state index in [1.54, 1.807) is 0 Å². The normalized spacial score (nSPS) is 17.7. The van der Waals surface area contributed by atoms with Gasteiger partial charge in [-0.3, -0.25) is 9.69 Å². The molecule has 1 amide bonds. The molecule has 25 heavy (non-hydrogen) atoms. The van der Waals surface area contributed by atoms with Gasteiger partial charge in [0, 0.05) is 45.2 Å². The zero-order valence-corrected chi connectivity index (χ0v) is 15.4. The molecule has 1 saturated heterocycles. The standard InChI is InChI=1S/C19H29F2N3O/c1-14(2)18(24-10-8-23(3)9-11-24)13-22-19(25)7-5-15-4-6-16(20)17(21)12-15/h4,6,12,14,18H,5,7-11,13H2,1-3H3,(H,22,25). The van der Waals surface area contributed by atoms with Crippen molar-refractivity contribution in [2.75, 3.05) is 39.8 Å². The fourth-order valence-corrected chi connectivity index (χ4v) is 3.20. The highest BCUT2D eigenvalue weighted by Crippen LogP contribution is 2.13. The Kier molecular flexibility index (Phi) is 7.32. The summed E-state index contributed by atoms with van der Waals surface area (Å²) in [6.45, 7) is 9.11. The van der Waals surface area contributed by atoms with Gasteiger partial charge in [0.1, 0.15) is 0 Å². The van der Waals surface area contributed by atoms with Gasteiger partial charge in [0.25, 0.3) is 0 Å². The number of nitrogens with one attached hydrogen (secondary N) is 1. The molecular weight excluding hydrogens is 324 g/mol. The fourth-order valence-electron chi connectivity index (χ4n) is 3.20. The molecule has 1 aromatic rings. The molecule has 1 fully saturated rings. The molecule has 1 heterocycles. The zero-order valence-electron chi connectivity index (χ0n) is 15.4. The molecule has 1 N–H and O–H groups in total. The highest BCUT2D eigenvalue weighted by Gasteiger charge is 2.25. The first-order valence-electron chi connectivity index (χ1n) is 9.00. The largest absolute Gasteiger partial charge is 0.355 e. The maximum Gasteiger partial charge on any atom is 0.220 e. The topological polar surface area (TPSA) is 35.6 Å². The lowest BCUT2D eigenvalue weighted by atomic mass is 10.0. The van der Waals surface area contributed by atoms with Gasteiger partial charge in [-0.25, -0.2) is 8.78 Å². The van der Waals surface area contributed by atoms with Crippen molar-refractivity contribution in [3.05, 3.63) is 35.4 Å². The Morgan fingerprint density at radius 1 is 1.16 bits per heavy atom. The SMILES string of the molecule is CC(C)C(CNC(=O)CCc1ccc(F)c(F)c1)N1CCN(C)CC1. The number of aryl methyl sites for hydroxylation is 1. The van der Waals surface area contributed by atoms with E-state index in [1.165, 1.54) is 6.07 Å². The van der Waals surface area contributed by atoms with Crippen molar-refractivity contribution in [2.24, 2.45) is 5.92 Å². The van der Waals surface area contributed by atoms with Gasteiger partial charge in [0.15, 0.2) is 11.6 Å². The average molecular weight is 353 g/mol. The molecule has 6 heteroatoms. The van der Waals surface area contributed by atoms with Crippen LogP contribution < -0.4 is 5.32 Å². The van der Waals surface area contributed by atoms with Crippen molar-refractivity contribution >= 4 is 5.91 Å². The summed E-state index contributed by atoms with van der Waals surface area (Å²) in [5, 5.41) is 3.01.